The third-order valence-corrected chi connectivity index (χ3v) is 4.63. The normalized spacial score (nSPS) is 24.8. The smallest absolute Gasteiger partial charge is 0.234 e. The highest BCUT2D eigenvalue weighted by molar-refractivity contribution is 7.99. The van der Waals surface area contributed by atoms with Gasteiger partial charge >= 0.3 is 0 Å². The molecule has 0 unspecified atom stereocenters. The molecule has 2 heterocycles. The predicted octanol–water partition coefficient (Wildman–Crippen LogP) is 0.421. The molecule has 1 amide bonds. The summed E-state index contributed by atoms with van der Waals surface area (Å²) in [4.78, 5) is 14.1. The van der Waals surface area contributed by atoms with Gasteiger partial charge in [0.25, 0.3) is 0 Å². The Kier molecular flexibility index (Phi) is 5.13. The Labute approximate surface area is 108 Å². The van der Waals surface area contributed by atoms with E-state index in [0.29, 0.717) is 18.6 Å². The van der Waals surface area contributed by atoms with E-state index >= 15 is 0 Å². The summed E-state index contributed by atoms with van der Waals surface area (Å²) in [5.41, 5.74) is 5.85. The number of nitrogens with two attached hydrogens (primary N) is 1. The summed E-state index contributed by atoms with van der Waals surface area (Å²) >= 11 is 1.99. The molecule has 0 bridgehead atoms. The van der Waals surface area contributed by atoms with Crippen LogP contribution in [0.1, 0.15) is 25.7 Å². The van der Waals surface area contributed by atoms with E-state index in [9.17, 15) is 4.79 Å². The van der Waals surface area contributed by atoms with E-state index in [2.05, 4.69) is 10.2 Å². The van der Waals surface area contributed by atoms with Gasteiger partial charge in [0, 0.05) is 25.2 Å². The van der Waals surface area contributed by atoms with Gasteiger partial charge in [0.1, 0.15) is 0 Å². The fraction of sp³-hybridized carbons (Fsp3) is 0.917. The third kappa shape index (κ3) is 4.48. The first kappa shape index (κ1) is 13.2. The summed E-state index contributed by atoms with van der Waals surface area (Å²) in [5.74, 6) is 2.56. The van der Waals surface area contributed by atoms with Crippen LogP contribution in [0.4, 0.5) is 0 Å². The minimum Gasteiger partial charge on any atom is -0.352 e. The first-order valence-electron chi connectivity index (χ1n) is 6.59. The lowest BCUT2D eigenvalue weighted by atomic mass is 10.1. The topological polar surface area (TPSA) is 58.4 Å². The third-order valence-electron chi connectivity index (χ3n) is 3.59. The predicted molar refractivity (Wildman–Crippen MR) is 72.1 cm³/mol. The first-order valence-corrected chi connectivity index (χ1v) is 7.74. The van der Waals surface area contributed by atoms with Crippen molar-refractivity contribution in [1.29, 1.82) is 0 Å². The number of piperidine rings is 1. The van der Waals surface area contributed by atoms with Crippen molar-refractivity contribution in [3.63, 3.8) is 0 Å². The van der Waals surface area contributed by atoms with E-state index < -0.39 is 0 Å². The summed E-state index contributed by atoms with van der Waals surface area (Å²) in [6.45, 7) is 2.49. The van der Waals surface area contributed by atoms with E-state index in [0.717, 1.165) is 38.8 Å². The maximum Gasteiger partial charge on any atom is 0.234 e. The SMILES string of the molecule is NC1CCN(CC(=O)NC2CCSCC2)CC1. The van der Waals surface area contributed by atoms with Crippen LogP contribution in [0.25, 0.3) is 0 Å². The largest absolute Gasteiger partial charge is 0.352 e. The van der Waals surface area contributed by atoms with Crippen LogP contribution in [0.3, 0.4) is 0 Å². The molecule has 17 heavy (non-hydrogen) atoms. The Morgan fingerprint density at radius 3 is 2.53 bits per heavy atom. The van der Waals surface area contributed by atoms with E-state index in [1.165, 1.54) is 11.5 Å². The number of hydrogen-bond acceptors (Lipinski definition) is 4. The standard InChI is InChI=1S/C12H23N3OS/c13-10-1-5-15(6-2-10)9-12(16)14-11-3-7-17-8-4-11/h10-11H,1-9,13H2,(H,14,16). The molecule has 2 fully saturated rings. The lowest BCUT2D eigenvalue weighted by Gasteiger charge is -2.30. The molecule has 0 radical (unpaired) electrons. The summed E-state index contributed by atoms with van der Waals surface area (Å²) in [5, 5.41) is 3.15. The lowest BCUT2D eigenvalue weighted by molar-refractivity contribution is -0.123. The van der Waals surface area contributed by atoms with Crippen molar-refractivity contribution < 1.29 is 4.79 Å². The molecule has 0 saturated carbocycles. The maximum atomic E-state index is 11.9. The molecule has 2 saturated heterocycles. The van der Waals surface area contributed by atoms with Gasteiger partial charge in [-0.15, -0.1) is 0 Å². The Morgan fingerprint density at radius 2 is 1.88 bits per heavy atom. The van der Waals surface area contributed by atoms with Gasteiger partial charge in [0.05, 0.1) is 6.54 Å². The Bertz CT molecular complexity index is 248. The minimum atomic E-state index is 0.192. The molecule has 0 aromatic rings. The number of carbonyl (C=O) groups excluding carboxylic acids is 1. The number of carbonyl (C=O) groups is 1. The zero-order chi connectivity index (χ0) is 12.1. The van der Waals surface area contributed by atoms with Gasteiger partial charge < -0.3 is 11.1 Å². The van der Waals surface area contributed by atoms with E-state index in [4.69, 9.17) is 5.73 Å². The zero-order valence-corrected chi connectivity index (χ0v) is 11.2. The molecule has 3 N–H and O–H groups in total. The second-order valence-corrected chi connectivity index (χ2v) is 6.29. The van der Waals surface area contributed by atoms with E-state index in [-0.39, 0.29) is 5.91 Å². The molecule has 0 spiro atoms. The fourth-order valence-corrected chi connectivity index (χ4v) is 3.54. The number of rotatable bonds is 3. The van der Waals surface area contributed by atoms with Crippen molar-refractivity contribution >= 4 is 17.7 Å². The Morgan fingerprint density at radius 1 is 1.24 bits per heavy atom. The molecule has 0 aliphatic carbocycles. The summed E-state index contributed by atoms with van der Waals surface area (Å²) < 4.78 is 0. The molecule has 2 aliphatic rings. The molecule has 0 aromatic carbocycles. The lowest BCUT2D eigenvalue weighted by Crippen LogP contribution is -2.47. The second kappa shape index (κ2) is 6.61. The maximum absolute atomic E-state index is 11.9. The van der Waals surface area contributed by atoms with Gasteiger partial charge in [-0.1, -0.05) is 0 Å². The molecule has 0 atom stereocenters. The number of thioether (sulfide) groups is 1. The highest BCUT2D eigenvalue weighted by atomic mass is 32.2. The van der Waals surface area contributed by atoms with Gasteiger partial charge in [-0.3, -0.25) is 9.69 Å². The van der Waals surface area contributed by atoms with Crippen molar-refractivity contribution in [3.05, 3.63) is 0 Å². The van der Waals surface area contributed by atoms with Crippen LogP contribution < -0.4 is 11.1 Å². The average molecular weight is 257 g/mol. The van der Waals surface area contributed by atoms with Crippen LogP contribution in [-0.2, 0) is 4.79 Å². The van der Waals surface area contributed by atoms with Crippen molar-refractivity contribution in [2.45, 2.75) is 37.8 Å². The summed E-state index contributed by atoms with van der Waals surface area (Å²) in [7, 11) is 0. The van der Waals surface area contributed by atoms with Gasteiger partial charge in [-0.2, -0.15) is 11.8 Å². The van der Waals surface area contributed by atoms with Crippen LogP contribution in [0, 0.1) is 0 Å². The van der Waals surface area contributed by atoms with Crippen molar-refractivity contribution in [2.24, 2.45) is 5.73 Å². The van der Waals surface area contributed by atoms with Gasteiger partial charge in [-0.05, 0) is 37.2 Å². The van der Waals surface area contributed by atoms with Crippen LogP contribution in [-0.4, -0.2) is 54.0 Å². The minimum absolute atomic E-state index is 0.192. The zero-order valence-electron chi connectivity index (χ0n) is 10.4. The van der Waals surface area contributed by atoms with Gasteiger partial charge in [0.2, 0.25) is 5.91 Å². The summed E-state index contributed by atoms with van der Waals surface area (Å²) in [6.07, 6.45) is 4.29. The highest BCUT2D eigenvalue weighted by Gasteiger charge is 2.20. The Balaban J connectivity index is 1.66. The number of hydrogen-bond donors (Lipinski definition) is 2. The molecule has 2 aliphatic heterocycles. The van der Waals surface area contributed by atoms with Crippen molar-refractivity contribution in [3.8, 4) is 0 Å². The van der Waals surface area contributed by atoms with Crippen LogP contribution >= 0.6 is 11.8 Å². The second-order valence-electron chi connectivity index (χ2n) is 5.07. The molecule has 4 nitrogen and oxygen atoms in total. The summed E-state index contributed by atoms with van der Waals surface area (Å²) in [6, 6.07) is 0.750. The molecule has 0 aromatic heterocycles. The average Bonchev–Trinajstić information content (AvgIpc) is 2.33. The van der Waals surface area contributed by atoms with Crippen molar-refractivity contribution in [1.82, 2.24) is 10.2 Å². The number of amides is 1. The molecular formula is C12H23N3OS. The van der Waals surface area contributed by atoms with E-state index in [1.54, 1.807) is 0 Å². The Hall–Kier alpha value is -0.260. The number of nitrogens with zero attached hydrogens (tertiary/aromatic N) is 1. The fourth-order valence-electron chi connectivity index (χ4n) is 2.43. The van der Waals surface area contributed by atoms with Crippen molar-refractivity contribution in [2.75, 3.05) is 31.1 Å². The molecule has 2 rings (SSSR count). The number of nitrogens with one attached hydrogen (secondary N) is 1. The van der Waals surface area contributed by atoms with E-state index in [1.807, 2.05) is 11.8 Å². The van der Waals surface area contributed by atoms with Gasteiger partial charge in [-0.25, -0.2) is 0 Å². The first-order chi connectivity index (χ1) is 8.24. The van der Waals surface area contributed by atoms with Crippen LogP contribution in [0.2, 0.25) is 0 Å². The highest BCUT2D eigenvalue weighted by Crippen LogP contribution is 2.16. The van der Waals surface area contributed by atoms with Crippen LogP contribution in [0.15, 0.2) is 0 Å². The monoisotopic (exact) mass is 257 g/mol. The molecule has 98 valence electrons. The molecule has 5 heteroatoms. The van der Waals surface area contributed by atoms with Crippen LogP contribution in [0.5, 0.6) is 0 Å². The number of likely N-dealkylation sites (tertiary alicyclic amines) is 1. The molecular weight excluding hydrogens is 234 g/mol. The quantitative estimate of drug-likeness (QED) is 0.769. The van der Waals surface area contributed by atoms with Gasteiger partial charge in [0.15, 0.2) is 0 Å².